The van der Waals surface area contributed by atoms with Crippen LogP contribution >= 0.6 is 0 Å². The summed E-state index contributed by atoms with van der Waals surface area (Å²) < 4.78 is 11.3. The molecular weight excluding hydrogens is 538 g/mol. The fourth-order valence-corrected chi connectivity index (χ4v) is 5.68. The zero-order valence-corrected chi connectivity index (χ0v) is 29.2. The quantitative estimate of drug-likeness (QED) is 0.0588. The molecule has 256 valence electrons. The normalized spacial score (nSPS) is 12.9. The molecule has 0 saturated carbocycles. The molecule has 0 aromatic carbocycles. The number of aliphatic hydroxyl groups is 1. The number of rotatable bonds is 33. The van der Waals surface area contributed by atoms with Crippen LogP contribution in [0.2, 0.25) is 0 Å². The highest BCUT2D eigenvalue weighted by molar-refractivity contribution is 5.69. The maximum atomic E-state index is 12.2. The van der Waals surface area contributed by atoms with Gasteiger partial charge in [-0.1, -0.05) is 105 Å². The van der Waals surface area contributed by atoms with Gasteiger partial charge in [0.1, 0.15) is 12.2 Å². The van der Waals surface area contributed by atoms with Crippen molar-refractivity contribution in [3.05, 3.63) is 0 Å². The molecule has 0 spiro atoms. The topological polar surface area (TPSA) is 76.1 Å². The summed E-state index contributed by atoms with van der Waals surface area (Å²) in [6.07, 6.45) is 27.0. The molecular formula is C37H73NO5. The molecule has 6 heteroatoms. The Morgan fingerprint density at radius 3 is 1.26 bits per heavy atom. The molecule has 1 N–H and O–H groups in total. The Hall–Kier alpha value is -1.14. The molecule has 2 unspecified atom stereocenters. The van der Waals surface area contributed by atoms with E-state index in [4.69, 9.17) is 9.47 Å². The van der Waals surface area contributed by atoms with Crippen LogP contribution in [0.25, 0.3) is 0 Å². The maximum Gasteiger partial charge on any atom is 0.306 e. The Balaban J connectivity index is 3.84. The minimum atomic E-state index is -0.0128. The fraction of sp³-hybridized carbons (Fsp3) is 0.946. The third-order valence-corrected chi connectivity index (χ3v) is 8.61. The first-order valence-electron chi connectivity index (χ1n) is 18.7. The highest BCUT2D eigenvalue weighted by atomic mass is 16.5. The Bertz CT molecular complexity index is 566. The van der Waals surface area contributed by atoms with Crippen molar-refractivity contribution < 1.29 is 24.2 Å². The van der Waals surface area contributed by atoms with Gasteiger partial charge in [0.05, 0.1) is 0 Å². The highest BCUT2D eigenvalue weighted by Gasteiger charge is 2.13. The number of nitrogens with zero attached hydrogens (tertiary/aromatic N) is 1. The van der Waals surface area contributed by atoms with Gasteiger partial charge in [-0.05, 0) is 83.7 Å². The molecule has 0 amide bonds. The number of unbranched alkanes of at least 4 members (excludes halogenated alkanes) is 14. The van der Waals surface area contributed by atoms with Crippen LogP contribution in [0.3, 0.4) is 0 Å². The second-order valence-electron chi connectivity index (χ2n) is 12.7. The van der Waals surface area contributed by atoms with Crippen molar-refractivity contribution in [3.63, 3.8) is 0 Å². The summed E-state index contributed by atoms with van der Waals surface area (Å²) in [6.45, 7) is 12.1. The number of ether oxygens (including phenoxy) is 2. The van der Waals surface area contributed by atoms with Crippen LogP contribution in [0.4, 0.5) is 0 Å². The monoisotopic (exact) mass is 612 g/mol. The molecule has 0 aliphatic rings. The van der Waals surface area contributed by atoms with Crippen molar-refractivity contribution in [1.29, 1.82) is 0 Å². The minimum Gasteiger partial charge on any atom is -0.462 e. The lowest BCUT2D eigenvalue weighted by atomic mass is 10.1. The van der Waals surface area contributed by atoms with Crippen LogP contribution in [0.15, 0.2) is 0 Å². The summed E-state index contributed by atoms with van der Waals surface area (Å²) in [4.78, 5) is 26.8. The number of carbonyl (C=O) groups is 2. The molecule has 6 nitrogen and oxygen atoms in total. The van der Waals surface area contributed by atoms with E-state index in [2.05, 4.69) is 32.6 Å². The van der Waals surface area contributed by atoms with Crippen LogP contribution in [-0.2, 0) is 19.1 Å². The second-order valence-corrected chi connectivity index (χ2v) is 12.7. The van der Waals surface area contributed by atoms with E-state index in [0.717, 1.165) is 90.3 Å². The largest absolute Gasteiger partial charge is 0.462 e. The van der Waals surface area contributed by atoms with Crippen LogP contribution in [0.5, 0.6) is 0 Å². The third-order valence-electron chi connectivity index (χ3n) is 8.61. The second kappa shape index (κ2) is 32.3. The molecule has 0 saturated heterocycles. The number of carbonyl (C=O) groups excluding carboxylic acids is 2. The van der Waals surface area contributed by atoms with Crippen LogP contribution < -0.4 is 0 Å². The molecule has 0 rings (SSSR count). The first-order valence-corrected chi connectivity index (χ1v) is 18.7. The minimum absolute atomic E-state index is 0.0128. The third kappa shape index (κ3) is 28.1. The van der Waals surface area contributed by atoms with Gasteiger partial charge in [0, 0.05) is 26.0 Å². The standard InChI is InChI=1S/C37H73NO5/c1-5-9-19-26-34(7-3)42-36(40)28-21-15-11-13-17-23-30-38(32-25-33-39)31-24-18-14-12-16-22-29-37(41)43-35(8-4)27-20-10-6-2/h34-35,39H,5-33H2,1-4H3. The van der Waals surface area contributed by atoms with E-state index in [-0.39, 0.29) is 30.8 Å². The Kier molecular flexibility index (Phi) is 31.4. The Morgan fingerprint density at radius 1 is 0.512 bits per heavy atom. The number of aliphatic hydroxyl groups excluding tert-OH is 1. The van der Waals surface area contributed by atoms with Gasteiger partial charge in [-0.25, -0.2) is 0 Å². The summed E-state index contributed by atoms with van der Waals surface area (Å²) in [5, 5.41) is 9.31. The van der Waals surface area contributed by atoms with Crippen LogP contribution in [0.1, 0.15) is 188 Å². The van der Waals surface area contributed by atoms with E-state index in [1.165, 1.54) is 77.0 Å². The van der Waals surface area contributed by atoms with E-state index in [9.17, 15) is 14.7 Å². The molecule has 0 radical (unpaired) electrons. The Morgan fingerprint density at radius 2 is 0.884 bits per heavy atom. The van der Waals surface area contributed by atoms with Crippen LogP contribution in [0, 0.1) is 0 Å². The van der Waals surface area contributed by atoms with Crippen LogP contribution in [-0.4, -0.2) is 60.4 Å². The zero-order valence-electron chi connectivity index (χ0n) is 29.2. The predicted molar refractivity (Wildman–Crippen MR) is 181 cm³/mol. The summed E-state index contributed by atoms with van der Waals surface area (Å²) in [6, 6.07) is 0. The van der Waals surface area contributed by atoms with Gasteiger partial charge in [0.15, 0.2) is 0 Å². The van der Waals surface area contributed by atoms with Crippen molar-refractivity contribution in [2.45, 2.75) is 200 Å². The summed E-state index contributed by atoms with van der Waals surface area (Å²) in [5.41, 5.74) is 0. The molecule has 2 atom stereocenters. The highest BCUT2D eigenvalue weighted by Crippen LogP contribution is 2.15. The molecule has 0 aromatic rings. The van der Waals surface area contributed by atoms with Crippen molar-refractivity contribution in [2.24, 2.45) is 0 Å². The van der Waals surface area contributed by atoms with Gasteiger partial charge >= 0.3 is 11.9 Å². The smallest absolute Gasteiger partial charge is 0.306 e. The van der Waals surface area contributed by atoms with Gasteiger partial charge in [0.2, 0.25) is 0 Å². The fourth-order valence-electron chi connectivity index (χ4n) is 5.68. The van der Waals surface area contributed by atoms with Gasteiger partial charge < -0.3 is 19.5 Å². The lowest BCUT2D eigenvalue weighted by molar-refractivity contribution is -0.150. The van der Waals surface area contributed by atoms with Crippen molar-refractivity contribution in [3.8, 4) is 0 Å². The SMILES string of the molecule is CCCCCC(CC)OC(=O)CCCCCCCCN(CCCO)CCCCCCCCC(=O)OC(CC)CCCCC. The Labute approximate surface area is 267 Å². The number of hydrogen-bond acceptors (Lipinski definition) is 6. The van der Waals surface area contributed by atoms with E-state index in [0.29, 0.717) is 12.8 Å². The lowest BCUT2D eigenvalue weighted by Crippen LogP contribution is -2.27. The first-order chi connectivity index (χ1) is 21.0. The summed E-state index contributed by atoms with van der Waals surface area (Å²) in [7, 11) is 0. The molecule has 0 bridgehead atoms. The lowest BCUT2D eigenvalue weighted by Gasteiger charge is -2.22. The molecule has 0 aliphatic heterocycles. The average molecular weight is 612 g/mol. The predicted octanol–water partition coefficient (Wildman–Crippen LogP) is 9.94. The van der Waals surface area contributed by atoms with E-state index >= 15 is 0 Å². The van der Waals surface area contributed by atoms with Crippen molar-refractivity contribution in [2.75, 3.05) is 26.2 Å². The number of hydrogen-bond donors (Lipinski definition) is 1. The molecule has 0 heterocycles. The van der Waals surface area contributed by atoms with Gasteiger partial charge in [0.25, 0.3) is 0 Å². The summed E-state index contributed by atoms with van der Waals surface area (Å²) >= 11 is 0. The maximum absolute atomic E-state index is 12.2. The molecule has 43 heavy (non-hydrogen) atoms. The van der Waals surface area contributed by atoms with E-state index < -0.39 is 0 Å². The molecule has 0 fully saturated rings. The van der Waals surface area contributed by atoms with Crippen molar-refractivity contribution in [1.82, 2.24) is 4.90 Å². The van der Waals surface area contributed by atoms with Gasteiger partial charge in [-0.3, -0.25) is 9.59 Å². The van der Waals surface area contributed by atoms with E-state index in [1.54, 1.807) is 0 Å². The summed E-state index contributed by atoms with van der Waals surface area (Å²) in [5.74, 6) is -0.0256. The molecule has 0 aromatic heterocycles. The first kappa shape index (κ1) is 41.9. The van der Waals surface area contributed by atoms with Gasteiger partial charge in [-0.2, -0.15) is 0 Å². The van der Waals surface area contributed by atoms with E-state index in [1.807, 2.05) is 0 Å². The average Bonchev–Trinajstić information content (AvgIpc) is 3.00. The molecule has 0 aliphatic carbocycles. The zero-order chi connectivity index (χ0) is 31.8. The number of esters is 2. The van der Waals surface area contributed by atoms with Gasteiger partial charge in [-0.15, -0.1) is 0 Å². The van der Waals surface area contributed by atoms with Crippen molar-refractivity contribution >= 4 is 11.9 Å².